The van der Waals surface area contributed by atoms with E-state index in [2.05, 4.69) is 0 Å². The molecule has 0 radical (unpaired) electrons. The van der Waals surface area contributed by atoms with Gasteiger partial charge in [-0.05, 0) is 0 Å². The first-order valence-electron chi connectivity index (χ1n) is 6.76. The summed E-state index contributed by atoms with van der Waals surface area (Å²) in [5, 5.41) is 8.00. The highest BCUT2D eigenvalue weighted by Crippen LogP contribution is 2.66. The molecular formula is C11H5F19O. The minimum absolute atomic E-state index is 2.26. The van der Waals surface area contributed by atoms with Crippen LogP contribution in [0.5, 0.6) is 0 Å². The maximum atomic E-state index is 13.3. The van der Waals surface area contributed by atoms with E-state index < -0.39 is 66.6 Å². The Hall–Kier alpha value is -1.37. The van der Waals surface area contributed by atoms with Crippen LogP contribution in [0.3, 0.4) is 0 Å². The molecule has 0 saturated carbocycles. The summed E-state index contributed by atoms with van der Waals surface area (Å²) in [6.07, 6.45) is -19.5. The van der Waals surface area contributed by atoms with Gasteiger partial charge in [-0.3, -0.25) is 0 Å². The molecule has 1 nitrogen and oxygen atoms in total. The van der Waals surface area contributed by atoms with Crippen molar-refractivity contribution in [1.82, 2.24) is 0 Å². The number of halogens is 19. The molecule has 0 aliphatic heterocycles. The molecule has 0 aliphatic carbocycles. The number of rotatable bonds is 8. The number of aliphatic hydroxyl groups excluding tert-OH is 1. The molecule has 0 amide bonds. The quantitative estimate of drug-likeness (QED) is 0.394. The van der Waals surface area contributed by atoms with E-state index in [-0.39, 0.29) is 0 Å². The van der Waals surface area contributed by atoms with Crippen LogP contribution in [0.4, 0.5) is 83.4 Å². The normalized spacial score (nSPS) is 16.6. The first-order chi connectivity index (χ1) is 13.1. The number of hydrogen-bond acceptors (Lipinski definition) is 1. The SMILES string of the molecule is OCCC(F)(F)C(F)(F)C(F)(F)C(F)(F)C(F)(F)C(F)(F)C(F)(C(F)(F)F)C(F)(F)F. The summed E-state index contributed by atoms with van der Waals surface area (Å²) >= 11 is 0. The van der Waals surface area contributed by atoms with Gasteiger partial charge in [0.2, 0.25) is 0 Å². The predicted molar refractivity (Wildman–Crippen MR) is 57.3 cm³/mol. The Morgan fingerprint density at radius 1 is 0.387 bits per heavy atom. The second-order valence-electron chi connectivity index (χ2n) is 5.70. The molecule has 0 fully saturated rings. The van der Waals surface area contributed by atoms with Crippen molar-refractivity contribution in [1.29, 1.82) is 0 Å². The third kappa shape index (κ3) is 3.65. The average molecular weight is 514 g/mol. The first-order valence-corrected chi connectivity index (χ1v) is 6.76. The van der Waals surface area contributed by atoms with Gasteiger partial charge < -0.3 is 5.11 Å². The Bertz CT molecular complexity index is 626. The maximum absolute atomic E-state index is 13.3. The third-order valence-electron chi connectivity index (χ3n) is 3.68. The van der Waals surface area contributed by atoms with Crippen LogP contribution in [-0.2, 0) is 0 Å². The van der Waals surface area contributed by atoms with Gasteiger partial charge in [-0.15, -0.1) is 0 Å². The molecule has 188 valence electrons. The van der Waals surface area contributed by atoms with Crippen LogP contribution in [-0.4, -0.2) is 65.3 Å². The highest BCUT2D eigenvalue weighted by molar-refractivity contribution is 5.19. The summed E-state index contributed by atoms with van der Waals surface area (Å²) in [5.41, 5.74) is -8.74. The summed E-state index contributed by atoms with van der Waals surface area (Å²) < 4.78 is 245. The van der Waals surface area contributed by atoms with Gasteiger partial charge in [0.1, 0.15) is 0 Å². The maximum Gasteiger partial charge on any atom is 0.438 e. The van der Waals surface area contributed by atoms with Crippen molar-refractivity contribution < 1.29 is 88.5 Å². The molecule has 0 bridgehead atoms. The predicted octanol–water partition coefficient (Wildman–Crippen LogP) is 6.01. The molecule has 0 atom stereocenters. The van der Waals surface area contributed by atoms with Crippen molar-refractivity contribution in [3.63, 3.8) is 0 Å². The average Bonchev–Trinajstić information content (AvgIpc) is 2.50. The monoisotopic (exact) mass is 514 g/mol. The number of hydrogen-bond donors (Lipinski definition) is 1. The molecule has 1 N–H and O–H groups in total. The largest absolute Gasteiger partial charge is 0.438 e. The van der Waals surface area contributed by atoms with Crippen molar-refractivity contribution in [2.75, 3.05) is 6.61 Å². The Balaban J connectivity index is 7.03. The highest BCUT2D eigenvalue weighted by Gasteiger charge is 2.98. The highest BCUT2D eigenvalue weighted by atomic mass is 19.4. The molecule has 0 unspecified atom stereocenters. The van der Waals surface area contributed by atoms with E-state index in [4.69, 9.17) is 5.11 Å². The Morgan fingerprint density at radius 3 is 0.903 bits per heavy atom. The van der Waals surface area contributed by atoms with Crippen molar-refractivity contribution in [2.45, 2.75) is 60.0 Å². The molecule has 0 aromatic heterocycles. The van der Waals surface area contributed by atoms with Gasteiger partial charge in [0, 0.05) is 13.0 Å². The first kappa shape index (κ1) is 29.6. The molecule has 31 heavy (non-hydrogen) atoms. The van der Waals surface area contributed by atoms with Crippen LogP contribution < -0.4 is 0 Å². The smallest absolute Gasteiger partial charge is 0.396 e. The van der Waals surface area contributed by atoms with Crippen molar-refractivity contribution in [3.8, 4) is 0 Å². The van der Waals surface area contributed by atoms with Crippen LogP contribution >= 0.6 is 0 Å². The molecule has 0 saturated heterocycles. The fourth-order valence-electron chi connectivity index (χ4n) is 1.85. The molecule has 20 heteroatoms. The zero-order valence-corrected chi connectivity index (χ0v) is 13.5. The van der Waals surface area contributed by atoms with Crippen molar-refractivity contribution >= 4 is 0 Å². The molecule has 0 spiro atoms. The second-order valence-corrected chi connectivity index (χ2v) is 5.70. The van der Waals surface area contributed by atoms with E-state index in [9.17, 15) is 83.4 Å². The summed E-state index contributed by atoms with van der Waals surface area (Å²) in [4.78, 5) is 0. The lowest BCUT2D eigenvalue weighted by atomic mass is 9.83. The lowest BCUT2D eigenvalue weighted by Gasteiger charge is -2.45. The van der Waals surface area contributed by atoms with E-state index >= 15 is 0 Å². The van der Waals surface area contributed by atoms with Gasteiger partial charge in [-0.2, -0.15) is 79.0 Å². The zero-order chi connectivity index (χ0) is 25.9. The zero-order valence-electron chi connectivity index (χ0n) is 13.5. The van der Waals surface area contributed by atoms with E-state index in [1.807, 2.05) is 0 Å². The summed E-state index contributed by atoms with van der Waals surface area (Å²) in [7, 11) is 0. The van der Waals surface area contributed by atoms with Gasteiger partial charge in [-0.1, -0.05) is 0 Å². The topological polar surface area (TPSA) is 20.2 Å². The van der Waals surface area contributed by atoms with Crippen LogP contribution in [0.2, 0.25) is 0 Å². The second kappa shape index (κ2) is 7.32. The Morgan fingerprint density at radius 2 is 0.645 bits per heavy atom. The van der Waals surface area contributed by atoms with Crippen molar-refractivity contribution in [2.24, 2.45) is 0 Å². The van der Waals surface area contributed by atoms with Gasteiger partial charge in [-0.25, -0.2) is 4.39 Å². The minimum Gasteiger partial charge on any atom is -0.396 e. The number of alkyl halides is 19. The van der Waals surface area contributed by atoms with Gasteiger partial charge in [0.05, 0.1) is 0 Å². The van der Waals surface area contributed by atoms with Crippen LogP contribution in [0.1, 0.15) is 6.42 Å². The number of aliphatic hydroxyl groups is 1. The Kier molecular flexibility index (Phi) is 7.00. The van der Waals surface area contributed by atoms with Crippen LogP contribution in [0, 0.1) is 0 Å². The summed E-state index contributed by atoms with van der Waals surface area (Å²) in [6.45, 7) is -2.26. The van der Waals surface area contributed by atoms with E-state index in [1.165, 1.54) is 0 Å². The lowest BCUT2D eigenvalue weighted by molar-refractivity contribution is -0.472. The fourth-order valence-corrected chi connectivity index (χ4v) is 1.85. The van der Waals surface area contributed by atoms with Crippen LogP contribution in [0.25, 0.3) is 0 Å². The van der Waals surface area contributed by atoms with E-state index in [1.54, 1.807) is 0 Å². The molecule has 0 rings (SSSR count). The summed E-state index contributed by atoms with van der Waals surface area (Å²) in [5.74, 6) is -49.9. The molecule has 0 aromatic carbocycles. The summed E-state index contributed by atoms with van der Waals surface area (Å²) in [6, 6.07) is 0. The molecule has 0 aliphatic rings. The van der Waals surface area contributed by atoms with E-state index in [0.717, 1.165) is 0 Å². The van der Waals surface area contributed by atoms with E-state index in [0.29, 0.717) is 0 Å². The lowest BCUT2D eigenvalue weighted by Crippen LogP contribution is -2.77. The Labute approximate surface area is 156 Å². The fraction of sp³-hybridized carbons (Fsp3) is 1.00. The van der Waals surface area contributed by atoms with Crippen LogP contribution in [0.15, 0.2) is 0 Å². The van der Waals surface area contributed by atoms with Crippen molar-refractivity contribution in [3.05, 3.63) is 0 Å². The van der Waals surface area contributed by atoms with Gasteiger partial charge in [0.15, 0.2) is 0 Å². The molecule has 0 heterocycles. The van der Waals surface area contributed by atoms with Gasteiger partial charge >= 0.3 is 53.6 Å². The molecular weight excluding hydrogens is 509 g/mol. The van der Waals surface area contributed by atoms with Gasteiger partial charge in [0.25, 0.3) is 0 Å². The minimum atomic E-state index is -9.01. The standard InChI is InChI=1S/C11H5F19O/c12-3(13,1-2-31)5(15,16)7(19,20)9(23,24)8(21,22)6(17,18)4(14,10(25,26)27)11(28,29)30/h31H,1-2H2. The third-order valence-corrected chi connectivity index (χ3v) is 3.68. The molecule has 0 aromatic rings.